The number of nitro groups is 1. The first kappa shape index (κ1) is 20.0. The molecule has 0 radical (unpaired) electrons. The molecule has 9 nitrogen and oxygen atoms in total. The SMILES string of the molecule is Cc1cc(C)c2[nH]c3nc(SCC(=O)Nc4ccc(Cl)c([N+](=O)[O-])c4)nnc3c2c1. The summed E-state index contributed by atoms with van der Waals surface area (Å²) in [4.78, 5) is 30.3. The zero-order valence-electron chi connectivity index (χ0n) is 15.9. The lowest BCUT2D eigenvalue weighted by atomic mass is 10.1. The van der Waals surface area contributed by atoms with Gasteiger partial charge in [-0.2, -0.15) is 0 Å². The van der Waals surface area contributed by atoms with Gasteiger partial charge in [0.15, 0.2) is 5.65 Å². The number of halogens is 1. The van der Waals surface area contributed by atoms with Crippen LogP contribution < -0.4 is 5.32 Å². The van der Waals surface area contributed by atoms with Crippen LogP contribution in [0.15, 0.2) is 35.5 Å². The number of benzene rings is 2. The third kappa shape index (κ3) is 3.91. The number of aryl methyl sites for hydroxylation is 2. The van der Waals surface area contributed by atoms with Crippen LogP contribution in [0.4, 0.5) is 11.4 Å². The highest BCUT2D eigenvalue weighted by Gasteiger charge is 2.15. The molecule has 2 aromatic carbocycles. The maximum Gasteiger partial charge on any atom is 0.289 e. The van der Waals surface area contributed by atoms with E-state index in [0.717, 1.165) is 33.8 Å². The van der Waals surface area contributed by atoms with Gasteiger partial charge in [-0.25, -0.2) is 4.98 Å². The quantitative estimate of drug-likeness (QED) is 0.266. The summed E-state index contributed by atoms with van der Waals surface area (Å²) in [5, 5.41) is 23.3. The van der Waals surface area contributed by atoms with Gasteiger partial charge in [-0.3, -0.25) is 14.9 Å². The van der Waals surface area contributed by atoms with E-state index in [-0.39, 0.29) is 28.1 Å². The highest BCUT2D eigenvalue weighted by molar-refractivity contribution is 7.99. The Balaban J connectivity index is 1.49. The van der Waals surface area contributed by atoms with E-state index in [9.17, 15) is 14.9 Å². The number of nitro benzene ring substituents is 1. The van der Waals surface area contributed by atoms with E-state index in [4.69, 9.17) is 11.6 Å². The summed E-state index contributed by atoms with van der Waals surface area (Å²) < 4.78 is 0. The number of nitrogens with one attached hydrogen (secondary N) is 2. The van der Waals surface area contributed by atoms with E-state index in [1.165, 1.54) is 18.2 Å². The number of hydrogen-bond acceptors (Lipinski definition) is 7. The van der Waals surface area contributed by atoms with Crippen molar-refractivity contribution in [2.75, 3.05) is 11.1 Å². The first-order valence-electron chi connectivity index (χ1n) is 8.82. The number of anilines is 1. The Labute approximate surface area is 179 Å². The Morgan fingerprint density at radius 2 is 2.07 bits per heavy atom. The second kappa shape index (κ2) is 7.88. The van der Waals surface area contributed by atoms with Gasteiger partial charge in [0.1, 0.15) is 10.5 Å². The molecule has 0 atom stereocenters. The summed E-state index contributed by atoms with van der Waals surface area (Å²) in [5.41, 5.74) is 4.47. The minimum atomic E-state index is -0.606. The van der Waals surface area contributed by atoms with Crippen molar-refractivity contribution in [2.45, 2.75) is 19.0 Å². The maximum absolute atomic E-state index is 12.2. The van der Waals surface area contributed by atoms with Crippen LogP contribution in [0, 0.1) is 24.0 Å². The van der Waals surface area contributed by atoms with Crippen LogP contribution in [0.2, 0.25) is 5.02 Å². The van der Waals surface area contributed by atoms with Gasteiger partial charge in [0.25, 0.3) is 5.69 Å². The molecule has 0 bridgehead atoms. The fourth-order valence-electron chi connectivity index (χ4n) is 3.14. The number of nitrogens with zero attached hydrogens (tertiary/aromatic N) is 4. The number of H-pyrrole nitrogens is 1. The molecule has 11 heteroatoms. The highest BCUT2D eigenvalue weighted by Crippen LogP contribution is 2.28. The molecule has 2 heterocycles. The molecule has 4 rings (SSSR count). The molecule has 2 aromatic heterocycles. The molecule has 0 aliphatic heterocycles. The Kier molecular flexibility index (Phi) is 5.27. The van der Waals surface area contributed by atoms with Crippen molar-refractivity contribution < 1.29 is 9.72 Å². The minimum absolute atomic E-state index is 0.00363. The van der Waals surface area contributed by atoms with Crippen LogP contribution in [0.3, 0.4) is 0 Å². The number of aromatic nitrogens is 4. The maximum atomic E-state index is 12.2. The van der Waals surface area contributed by atoms with Crippen LogP contribution in [-0.4, -0.2) is 36.7 Å². The lowest BCUT2D eigenvalue weighted by Gasteiger charge is -2.05. The van der Waals surface area contributed by atoms with Crippen molar-refractivity contribution in [3.05, 3.63) is 56.6 Å². The van der Waals surface area contributed by atoms with Gasteiger partial charge in [-0.15, -0.1) is 10.2 Å². The number of amides is 1. The lowest BCUT2D eigenvalue weighted by molar-refractivity contribution is -0.384. The van der Waals surface area contributed by atoms with E-state index in [1.807, 2.05) is 19.9 Å². The molecule has 0 saturated carbocycles. The monoisotopic (exact) mass is 442 g/mol. The van der Waals surface area contributed by atoms with Gasteiger partial charge in [0.2, 0.25) is 11.1 Å². The average molecular weight is 443 g/mol. The molecule has 0 saturated heterocycles. The highest BCUT2D eigenvalue weighted by atomic mass is 35.5. The predicted octanol–water partition coefficient (Wildman–Crippen LogP) is 4.42. The molecular weight excluding hydrogens is 428 g/mol. The van der Waals surface area contributed by atoms with Gasteiger partial charge in [0.05, 0.1) is 16.2 Å². The van der Waals surface area contributed by atoms with E-state index >= 15 is 0 Å². The molecule has 0 spiro atoms. The van der Waals surface area contributed by atoms with Crippen molar-refractivity contribution in [1.82, 2.24) is 20.2 Å². The average Bonchev–Trinajstić information content (AvgIpc) is 3.06. The molecule has 152 valence electrons. The third-order valence-electron chi connectivity index (χ3n) is 4.40. The molecule has 30 heavy (non-hydrogen) atoms. The molecule has 0 aliphatic carbocycles. The summed E-state index contributed by atoms with van der Waals surface area (Å²) in [6.07, 6.45) is 0. The normalized spacial score (nSPS) is 11.2. The Bertz CT molecular complexity index is 1320. The number of fused-ring (bicyclic) bond motifs is 3. The zero-order valence-corrected chi connectivity index (χ0v) is 17.5. The largest absolute Gasteiger partial charge is 0.337 e. The number of thioether (sulfide) groups is 1. The first-order chi connectivity index (χ1) is 14.3. The molecule has 0 fully saturated rings. The molecule has 0 aliphatic rings. The van der Waals surface area contributed by atoms with Gasteiger partial charge in [-0.05, 0) is 37.6 Å². The summed E-state index contributed by atoms with van der Waals surface area (Å²) >= 11 is 6.90. The number of rotatable bonds is 5. The minimum Gasteiger partial charge on any atom is -0.337 e. The second-order valence-electron chi connectivity index (χ2n) is 6.68. The van der Waals surface area contributed by atoms with Crippen molar-refractivity contribution in [2.24, 2.45) is 0 Å². The first-order valence-corrected chi connectivity index (χ1v) is 10.2. The molecule has 4 aromatic rings. The summed E-state index contributed by atoms with van der Waals surface area (Å²) in [6.45, 7) is 4.03. The van der Waals surface area contributed by atoms with Crippen molar-refractivity contribution in [1.29, 1.82) is 0 Å². The van der Waals surface area contributed by atoms with Crippen molar-refractivity contribution in [3.8, 4) is 0 Å². The zero-order chi connectivity index (χ0) is 21.4. The van der Waals surface area contributed by atoms with E-state index in [1.54, 1.807) is 0 Å². The van der Waals surface area contributed by atoms with Gasteiger partial charge >= 0.3 is 0 Å². The number of hydrogen-bond donors (Lipinski definition) is 2. The molecular formula is C19H15ClN6O3S. The fraction of sp³-hybridized carbons (Fsp3) is 0.158. The van der Waals surface area contributed by atoms with Gasteiger partial charge in [-0.1, -0.05) is 35.0 Å². The standard InChI is InChI=1S/C19H15ClN6O3S/c1-9-5-10(2)16-12(6-9)17-18(22-16)23-19(25-24-17)30-8-15(27)21-11-3-4-13(20)14(7-11)26(28)29/h3-7H,8H2,1-2H3,(H,21,27)(H,22,23,25). The topological polar surface area (TPSA) is 127 Å². The number of carbonyl (C=O) groups excluding carboxylic acids is 1. The van der Waals surface area contributed by atoms with E-state index in [2.05, 4.69) is 31.5 Å². The van der Waals surface area contributed by atoms with Crippen molar-refractivity contribution >= 4 is 62.7 Å². The van der Waals surface area contributed by atoms with Crippen LogP contribution in [0.25, 0.3) is 22.1 Å². The number of aromatic amines is 1. The molecule has 1 amide bonds. The molecule has 2 N–H and O–H groups in total. The van der Waals surface area contributed by atoms with Crippen LogP contribution in [0.1, 0.15) is 11.1 Å². The second-order valence-corrected chi connectivity index (χ2v) is 8.03. The summed E-state index contributed by atoms with van der Waals surface area (Å²) in [6, 6.07) is 8.18. The lowest BCUT2D eigenvalue weighted by Crippen LogP contribution is -2.14. The van der Waals surface area contributed by atoms with Gasteiger partial charge in [0, 0.05) is 17.1 Å². The number of carbonyl (C=O) groups is 1. The smallest absolute Gasteiger partial charge is 0.289 e. The Morgan fingerprint density at radius 3 is 2.83 bits per heavy atom. The fourth-order valence-corrected chi connectivity index (χ4v) is 3.91. The molecule has 0 unspecified atom stereocenters. The van der Waals surface area contributed by atoms with E-state index < -0.39 is 4.92 Å². The van der Waals surface area contributed by atoms with E-state index in [0.29, 0.717) is 16.3 Å². The predicted molar refractivity (Wildman–Crippen MR) is 116 cm³/mol. The Morgan fingerprint density at radius 1 is 1.27 bits per heavy atom. The van der Waals surface area contributed by atoms with Gasteiger partial charge < -0.3 is 10.3 Å². The van der Waals surface area contributed by atoms with Crippen LogP contribution >= 0.6 is 23.4 Å². The third-order valence-corrected chi connectivity index (χ3v) is 5.56. The van der Waals surface area contributed by atoms with Crippen LogP contribution in [-0.2, 0) is 4.79 Å². The summed E-state index contributed by atoms with van der Waals surface area (Å²) in [5.74, 6) is -0.342. The van der Waals surface area contributed by atoms with Crippen LogP contribution in [0.5, 0.6) is 0 Å². The van der Waals surface area contributed by atoms with Crippen molar-refractivity contribution in [3.63, 3.8) is 0 Å². The Hall–Kier alpha value is -3.24. The summed E-state index contributed by atoms with van der Waals surface area (Å²) in [7, 11) is 0.